The number of nitrogens with one attached hydrogen (secondary N) is 2. The molecular formula is C10H17N3O4. The number of amides is 3. The van der Waals surface area contributed by atoms with Gasteiger partial charge in [-0.25, -0.2) is 9.59 Å². The van der Waals surface area contributed by atoms with Crippen molar-refractivity contribution in [3.8, 4) is 0 Å². The highest BCUT2D eigenvalue weighted by molar-refractivity contribution is 5.87. The van der Waals surface area contributed by atoms with E-state index in [1.54, 1.807) is 0 Å². The Labute approximate surface area is 98.7 Å². The number of rotatable bonds is 5. The van der Waals surface area contributed by atoms with Crippen LogP contribution >= 0.6 is 0 Å². The van der Waals surface area contributed by atoms with Gasteiger partial charge in [-0.2, -0.15) is 0 Å². The molecule has 0 radical (unpaired) electrons. The topological polar surface area (TPSA) is 122 Å². The van der Waals surface area contributed by atoms with Crippen LogP contribution in [0, 0.1) is 0 Å². The van der Waals surface area contributed by atoms with Crippen LogP contribution in [0.15, 0.2) is 0 Å². The predicted molar refractivity (Wildman–Crippen MR) is 59.2 cm³/mol. The lowest BCUT2D eigenvalue weighted by Crippen LogP contribution is -2.57. The Morgan fingerprint density at radius 2 is 2.00 bits per heavy atom. The van der Waals surface area contributed by atoms with E-state index < -0.39 is 30.4 Å². The molecule has 0 spiro atoms. The van der Waals surface area contributed by atoms with Crippen molar-refractivity contribution < 1.29 is 19.5 Å². The molecule has 3 amide bonds. The Morgan fingerprint density at radius 1 is 1.41 bits per heavy atom. The molecule has 7 nitrogen and oxygen atoms in total. The first kappa shape index (κ1) is 13.3. The van der Waals surface area contributed by atoms with Gasteiger partial charge in [0.05, 0.1) is 6.42 Å². The van der Waals surface area contributed by atoms with Crippen LogP contribution in [0.5, 0.6) is 0 Å². The summed E-state index contributed by atoms with van der Waals surface area (Å²) >= 11 is 0. The highest BCUT2D eigenvalue weighted by Gasteiger charge is 2.34. The summed E-state index contributed by atoms with van der Waals surface area (Å²) in [6, 6.07) is -1.86. The van der Waals surface area contributed by atoms with Gasteiger partial charge in [0.1, 0.15) is 6.04 Å². The first-order valence-electron chi connectivity index (χ1n) is 5.42. The van der Waals surface area contributed by atoms with E-state index in [2.05, 4.69) is 10.6 Å². The number of urea groups is 1. The largest absolute Gasteiger partial charge is 0.480 e. The zero-order chi connectivity index (χ0) is 13.1. The van der Waals surface area contributed by atoms with Crippen molar-refractivity contribution in [3.63, 3.8) is 0 Å². The average molecular weight is 243 g/mol. The molecule has 0 bridgehead atoms. The van der Waals surface area contributed by atoms with E-state index >= 15 is 0 Å². The van der Waals surface area contributed by atoms with Gasteiger partial charge in [0.25, 0.3) is 0 Å². The highest BCUT2D eigenvalue weighted by Crippen LogP contribution is 2.30. The van der Waals surface area contributed by atoms with Gasteiger partial charge < -0.3 is 21.5 Å². The van der Waals surface area contributed by atoms with Crippen LogP contribution in [0.1, 0.15) is 32.6 Å². The van der Waals surface area contributed by atoms with E-state index in [1.165, 1.54) is 0 Å². The first-order valence-corrected chi connectivity index (χ1v) is 5.42. The van der Waals surface area contributed by atoms with Crippen molar-refractivity contribution >= 4 is 17.9 Å². The molecule has 17 heavy (non-hydrogen) atoms. The quantitative estimate of drug-likeness (QED) is 0.522. The number of hydrogen-bond donors (Lipinski definition) is 4. The van der Waals surface area contributed by atoms with Crippen molar-refractivity contribution in [3.05, 3.63) is 0 Å². The molecule has 96 valence electrons. The second-order valence-electron chi connectivity index (χ2n) is 4.57. The molecular weight excluding hydrogens is 226 g/mol. The fourth-order valence-corrected chi connectivity index (χ4v) is 1.70. The van der Waals surface area contributed by atoms with E-state index in [-0.39, 0.29) is 5.54 Å². The number of hydrogen-bond acceptors (Lipinski definition) is 3. The van der Waals surface area contributed by atoms with Crippen LogP contribution in [-0.4, -0.2) is 34.6 Å². The van der Waals surface area contributed by atoms with E-state index in [9.17, 15) is 14.4 Å². The Morgan fingerprint density at radius 3 is 2.35 bits per heavy atom. The molecule has 0 heterocycles. The van der Waals surface area contributed by atoms with Crippen LogP contribution in [0.4, 0.5) is 4.79 Å². The van der Waals surface area contributed by atoms with Crippen LogP contribution in [0.2, 0.25) is 0 Å². The second-order valence-corrected chi connectivity index (χ2v) is 4.57. The standard InChI is InChI=1S/C10H17N3O4/c1-10(3-2-4-10)13-9(17)12-6(8(15)16)5-7(11)14/h6H,2-5H2,1H3,(H2,11,14)(H,15,16)(H2,12,13,17)/t6-/m0/s1. The van der Waals surface area contributed by atoms with Gasteiger partial charge in [-0.05, 0) is 26.2 Å². The molecule has 0 aliphatic heterocycles. The minimum Gasteiger partial charge on any atom is -0.480 e. The molecule has 7 heteroatoms. The summed E-state index contributed by atoms with van der Waals surface area (Å²) in [5.74, 6) is -2.05. The number of nitrogens with two attached hydrogens (primary N) is 1. The first-order chi connectivity index (χ1) is 7.82. The Balaban J connectivity index is 2.46. The average Bonchev–Trinajstić information content (AvgIpc) is 2.13. The van der Waals surface area contributed by atoms with Crippen LogP contribution < -0.4 is 16.4 Å². The van der Waals surface area contributed by atoms with Gasteiger partial charge in [-0.3, -0.25) is 4.79 Å². The third-order valence-corrected chi connectivity index (χ3v) is 2.88. The maximum atomic E-state index is 11.5. The molecule has 5 N–H and O–H groups in total. The van der Waals surface area contributed by atoms with Crippen molar-refractivity contribution in [2.75, 3.05) is 0 Å². The molecule has 1 atom stereocenters. The van der Waals surface area contributed by atoms with Gasteiger partial charge >= 0.3 is 12.0 Å². The Hall–Kier alpha value is -1.79. The molecule has 0 saturated heterocycles. The molecule has 0 aromatic rings. The van der Waals surface area contributed by atoms with Crippen LogP contribution in [-0.2, 0) is 9.59 Å². The fraction of sp³-hybridized carbons (Fsp3) is 0.700. The van der Waals surface area contributed by atoms with Gasteiger partial charge in [0.15, 0.2) is 0 Å². The maximum Gasteiger partial charge on any atom is 0.326 e. The van der Waals surface area contributed by atoms with Gasteiger partial charge in [-0.1, -0.05) is 0 Å². The number of aliphatic carboxylic acids is 1. The van der Waals surface area contributed by atoms with Crippen LogP contribution in [0.25, 0.3) is 0 Å². The zero-order valence-corrected chi connectivity index (χ0v) is 9.66. The lowest BCUT2D eigenvalue weighted by Gasteiger charge is -2.39. The summed E-state index contributed by atoms with van der Waals surface area (Å²) in [4.78, 5) is 32.9. The van der Waals surface area contributed by atoms with Gasteiger partial charge in [0, 0.05) is 5.54 Å². The molecule has 1 rings (SSSR count). The third kappa shape index (κ3) is 3.93. The zero-order valence-electron chi connectivity index (χ0n) is 9.66. The number of carboxylic acid groups (broad SMARTS) is 1. The van der Waals surface area contributed by atoms with E-state index in [1.807, 2.05) is 6.92 Å². The normalized spacial score (nSPS) is 18.6. The van der Waals surface area contributed by atoms with Gasteiger partial charge in [0.2, 0.25) is 5.91 Å². The molecule has 0 unspecified atom stereocenters. The summed E-state index contributed by atoms with van der Waals surface area (Å²) in [7, 11) is 0. The highest BCUT2D eigenvalue weighted by atomic mass is 16.4. The second kappa shape index (κ2) is 5.03. The van der Waals surface area contributed by atoms with Crippen molar-refractivity contribution in [2.45, 2.75) is 44.2 Å². The monoisotopic (exact) mass is 243 g/mol. The van der Waals surface area contributed by atoms with Crippen molar-refractivity contribution in [2.24, 2.45) is 5.73 Å². The number of primary amides is 1. The summed E-state index contributed by atoms with van der Waals surface area (Å²) in [5, 5.41) is 13.7. The summed E-state index contributed by atoms with van der Waals surface area (Å²) in [6.07, 6.45) is 2.36. The summed E-state index contributed by atoms with van der Waals surface area (Å²) in [6.45, 7) is 1.89. The molecule has 1 aliphatic carbocycles. The lowest BCUT2D eigenvalue weighted by atomic mass is 9.79. The molecule has 0 aromatic carbocycles. The molecule has 1 aliphatic rings. The van der Waals surface area contributed by atoms with Crippen LogP contribution in [0.3, 0.4) is 0 Å². The Kier molecular flexibility index (Phi) is 3.93. The molecule has 1 fully saturated rings. The Bertz CT molecular complexity index is 338. The van der Waals surface area contributed by atoms with E-state index in [0.717, 1.165) is 19.3 Å². The SMILES string of the molecule is CC1(NC(=O)N[C@@H](CC(N)=O)C(=O)O)CCC1. The minimum atomic E-state index is -1.28. The summed E-state index contributed by atoms with van der Waals surface area (Å²) in [5.41, 5.74) is 4.63. The lowest BCUT2D eigenvalue weighted by molar-refractivity contribution is -0.140. The number of carbonyl (C=O) groups excluding carboxylic acids is 2. The van der Waals surface area contributed by atoms with Crippen molar-refractivity contribution in [1.82, 2.24) is 10.6 Å². The predicted octanol–water partition coefficient (Wildman–Crippen LogP) is -0.443. The maximum absolute atomic E-state index is 11.5. The number of carbonyl (C=O) groups is 3. The minimum absolute atomic E-state index is 0.264. The molecule has 1 saturated carbocycles. The van der Waals surface area contributed by atoms with Crippen molar-refractivity contribution in [1.29, 1.82) is 0 Å². The fourth-order valence-electron chi connectivity index (χ4n) is 1.70. The third-order valence-electron chi connectivity index (χ3n) is 2.88. The van der Waals surface area contributed by atoms with Gasteiger partial charge in [-0.15, -0.1) is 0 Å². The molecule has 0 aromatic heterocycles. The van der Waals surface area contributed by atoms with E-state index in [4.69, 9.17) is 10.8 Å². The van der Waals surface area contributed by atoms with E-state index in [0.29, 0.717) is 0 Å². The number of carboxylic acids is 1. The summed E-state index contributed by atoms with van der Waals surface area (Å²) < 4.78 is 0. The smallest absolute Gasteiger partial charge is 0.326 e.